The molecule has 6 rings (SSSR count). The molecule has 1 atom stereocenters. The third kappa shape index (κ3) is 2.70. The maximum Gasteiger partial charge on any atom is 0.356 e. The van der Waals surface area contributed by atoms with Crippen LogP contribution in [0.4, 0.5) is 4.39 Å². The average molecular weight is 434 g/mol. The van der Waals surface area contributed by atoms with E-state index in [1.54, 1.807) is 21.3 Å². The van der Waals surface area contributed by atoms with E-state index in [2.05, 4.69) is 10.1 Å². The quantitative estimate of drug-likeness (QED) is 0.521. The number of hydrogen-bond acceptors (Lipinski definition) is 5. The number of halogens is 1. The molecule has 2 aliphatic rings. The standard InChI is InChI=1S/C23H19FN4O4/c1-27-17(6-7-25-27)14-8-20-18(28-9-16(23(29)30)26-22(14)28)4-2-13-15(24)3-5-19-21(13)12(10-31-19)11-32-20/h3,5-9,12H,2,4,10-11H2,1H3,(H,29,30)/t12-/m1/s1. The van der Waals surface area contributed by atoms with Gasteiger partial charge in [0.1, 0.15) is 23.0 Å². The number of rotatable bonds is 2. The van der Waals surface area contributed by atoms with Crippen molar-refractivity contribution in [1.29, 1.82) is 0 Å². The van der Waals surface area contributed by atoms with Gasteiger partial charge in [-0.1, -0.05) is 0 Å². The number of fused-ring (bicyclic) bond motifs is 3. The smallest absolute Gasteiger partial charge is 0.356 e. The number of benzene rings is 1. The number of ether oxygens (including phenoxy) is 2. The number of pyridine rings is 1. The molecule has 0 bridgehead atoms. The van der Waals surface area contributed by atoms with Crippen LogP contribution in [0.15, 0.2) is 36.7 Å². The van der Waals surface area contributed by atoms with Crippen molar-refractivity contribution in [3.8, 4) is 22.8 Å². The number of aromatic nitrogens is 4. The summed E-state index contributed by atoms with van der Waals surface area (Å²) in [6.45, 7) is 0.763. The Balaban J connectivity index is 1.57. The van der Waals surface area contributed by atoms with E-state index in [1.807, 2.05) is 19.2 Å². The molecule has 1 aromatic carbocycles. The predicted molar refractivity (Wildman–Crippen MR) is 112 cm³/mol. The highest BCUT2D eigenvalue weighted by Crippen LogP contribution is 2.41. The van der Waals surface area contributed by atoms with Crippen LogP contribution in [0.2, 0.25) is 0 Å². The molecule has 0 radical (unpaired) electrons. The minimum Gasteiger partial charge on any atom is -0.493 e. The Kier molecular flexibility index (Phi) is 4.01. The molecule has 32 heavy (non-hydrogen) atoms. The SMILES string of the molecule is Cn1nccc1-c1cc2c(n3cc(C(=O)O)nc13)CCc1c(F)ccc3c1[C@H](CO3)CO2. The summed E-state index contributed by atoms with van der Waals surface area (Å²) in [5.74, 6) is -0.130. The van der Waals surface area contributed by atoms with Crippen LogP contribution in [0.5, 0.6) is 11.5 Å². The van der Waals surface area contributed by atoms with Gasteiger partial charge in [0.2, 0.25) is 0 Å². The number of nitrogens with zero attached hydrogens (tertiary/aromatic N) is 4. The van der Waals surface area contributed by atoms with Gasteiger partial charge < -0.3 is 14.6 Å². The summed E-state index contributed by atoms with van der Waals surface area (Å²) < 4.78 is 30.3. The Morgan fingerprint density at radius 1 is 1.19 bits per heavy atom. The highest BCUT2D eigenvalue weighted by Gasteiger charge is 2.32. The summed E-state index contributed by atoms with van der Waals surface area (Å²) in [6.07, 6.45) is 4.06. The summed E-state index contributed by atoms with van der Waals surface area (Å²) in [5.41, 5.74) is 4.18. The number of carboxylic acid groups (broad SMARTS) is 1. The fraction of sp³-hybridized carbons (Fsp3) is 0.261. The second-order valence-electron chi connectivity index (χ2n) is 8.09. The lowest BCUT2D eigenvalue weighted by molar-refractivity contribution is 0.0691. The number of hydrogen-bond donors (Lipinski definition) is 1. The fourth-order valence-corrected chi connectivity index (χ4v) is 4.75. The lowest BCUT2D eigenvalue weighted by Crippen LogP contribution is -2.13. The summed E-state index contributed by atoms with van der Waals surface area (Å²) in [4.78, 5) is 16.1. The molecule has 4 aromatic rings. The molecule has 1 N–H and O–H groups in total. The third-order valence-corrected chi connectivity index (χ3v) is 6.27. The van der Waals surface area contributed by atoms with Crippen LogP contribution in [-0.2, 0) is 19.9 Å². The summed E-state index contributed by atoms with van der Waals surface area (Å²) in [5, 5.41) is 13.8. The third-order valence-electron chi connectivity index (χ3n) is 6.27. The van der Waals surface area contributed by atoms with E-state index in [-0.39, 0.29) is 17.4 Å². The molecule has 0 aliphatic carbocycles. The molecule has 3 aromatic heterocycles. The van der Waals surface area contributed by atoms with Gasteiger partial charge in [0.05, 0.1) is 30.5 Å². The second-order valence-corrected chi connectivity index (χ2v) is 8.09. The molecule has 0 fully saturated rings. The van der Waals surface area contributed by atoms with Gasteiger partial charge in [0.25, 0.3) is 0 Å². The van der Waals surface area contributed by atoms with Crippen LogP contribution in [0, 0.1) is 5.82 Å². The van der Waals surface area contributed by atoms with E-state index in [0.29, 0.717) is 54.3 Å². The molecule has 0 unspecified atom stereocenters. The van der Waals surface area contributed by atoms with Crippen molar-refractivity contribution < 1.29 is 23.8 Å². The predicted octanol–water partition coefficient (Wildman–Crippen LogP) is 3.23. The molecule has 0 saturated carbocycles. The van der Waals surface area contributed by atoms with E-state index in [1.165, 1.54) is 12.3 Å². The molecule has 5 heterocycles. The van der Waals surface area contributed by atoms with Gasteiger partial charge in [-0.3, -0.25) is 9.08 Å². The first-order valence-electron chi connectivity index (χ1n) is 10.3. The molecule has 9 heteroatoms. The summed E-state index contributed by atoms with van der Waals surface area (Å²) in [7, 11) is 1.81. The molecular formula is C23H19FN4O4. The number of aryl methyl sites for hydroxylation is 2. The molecule has 8 nitrogen and oxygen atoms in total. The summed E-state index contributed by atoms with van der Waals surface area (Å²) >= 11 is 0. The zero-order chi connectivity index (χ0) is 22.0. The first kappa shape index (κ1) is 18.9. The molecule has 162 valence electrons. The van der Waals surface area contributed by atoms with E-state index < -0.39 is 5.97 Å². The van der Waals surface area contributed by atoms with Crippen molar-refractivity contribution in [1.82, 2.24) is 19.2 Å². The average Bonchev–Trinajstić information content (AvgIpc) is 3.49. The van der Waals surface area contributed by atoms with Gasteiger partial charge in [0.15, 0.2) is 5.69 Å². The largest absolute Gasteiger partial charge is 0.493 e. The number of carbonyl (C=O) groups is 1. The van der Waals surface area contributed by atoms with Crippen LogP contribution >= 0.6 is 0 Å². The second kappa shape index (κ2) is 6.81. The number of imidazole rings is 1. The highest BCUT2D eigenvalue weighted by atomic mass is 19.1. The zero-order valence-corrected chi connectivity index (χ0v) is 17.2. The topological polar surface area (TPSA) is 90.9 Å². The van der Waals surface area contributed by atoms with Crippen molar-refractivity contribution >= 4 is 11.6 Å². The lowest BCUT2D eigenvalue weighted by atomic mass is 9.93. The molecule has 0 saturated heterocycles. The van der Waals surface area contributed by atoms with Crippen molar-refractivity contribution in [3.63, 3.8) is 0 Å². The van der Waals surface area contributed by atoms with Crippen molar-refractivity contribution in [2.45, 2.75) is 18.8 Å². The van der Waals surface area contributed by atoms with Crippen LogP contribution in [-0.4, -0.2) is 43.5 Å². The Morgan fingerprint density at radius 3 is 2.75 bits per heavy atom. The zero-order valence-electron chi connectivity index (χ0n) is 17.2. The van der Waals surface area contributed by atoms with E-state index >= 15 is 0 Å². The Hall–Kier alpha value is -3.88. The minimum atomic E-state index is -1.12. The minimum absolute atomic E-state index is 0.0667. The molecular weight excluding hydrogens is 415 g/mol. The maximum absolute atomic E-state index is 14.8. The maximum atomic E-state index is 14.8. The van der Waals surface area contributed by atoms with E-state index in [9.17, 15) is 14.3 Å². The van der Waals surface area contributed by atoms with Gasteiger partial charge >= 0.3 is 5.97 Å². The molecule has 0 spiro atoms. The van der Waals surface area contributed by atoms with Crippen molar-refractivity contribution in [2.75, 3.05) is 13.2 Å². The van der Waals surface area contributed by atoms with E-state index in [4.69, 9.17) is 9.47 Å². The van der Waals surface area contributed by atoms with Gasteiger partial charge in [-0.25, -0.2) is 14.2 Å². The monoisotopic (exact) mass is 434 g/mol. The highest BCUT2D eigenvalue weighted by molar-refractivity contribution is 5.88. The fourth-order valence-electron chi connectivity index (χ4n) is 4.75. The Morgan fingerprint density at radius 2 is 2.00 bits per heavy atom. The summed E-state index contributed by atoms with van der Waals surface area (Å²) in [6, 6.07) is 6.83. The first-order chi connectivity index (χ1) is 15.5. The van der Waals surface area contributed by atoms with Gasteiger partial charge in [-0.15, -0.1) is 0 Å². The first-order valence-corrected chi connectivity index (χ1v) is 10.3. The van der Waals surface area contributed by atoms with Crippen molar-refractivity contribution in [2.24, 2.45) is 7.05 Å². The van der Waals surface area contributed by atoms with Gasteiger partial charge in [0, 0.05) is 30.6 Å². The van der Waals surface area contributed by atoms with Gasteiger partial charge in [-0.2, -0.15) is 5.10 Å². The Labute approximate surface area is 181 Å². The van der Waals surface area contributed by atoms with Crippen LogP contribution in [0.3, 0.4) is 0 Å². The van der Waals surface area contributed by atoms with Crippen molar-refractivity contribution in [3.05, 3.63) is 65.0 Å². The lowest BCUT2D eigenvalue weighted by Gasteiger charge is -2.16. The van der Waals surface area contributed by atoms with Crippen LogP contribution in [0.1, 0.15) is 33.2 Å². The van der Waals surface area contributed by atoms with E-state index in [0.717, 1.165) is 17.0 Å². The number of carboxylic acids is 1. The van der Waals surface area contributed by atoms with Crippen LogP contribution in [0.25, 0.3) is 16.9 Å². The normalized spacial score (nSPS) is 17.0. The molecule has 2 aliphatic heterocycles. The number of aromatic carboxylic acids is 1. The molecule has 0 amide bonds. The van der Waals surface area contributed by atoms with Crippen LogP contribution < -0.4 is 9.47 Å². The van der Waals surface area contributed by atoms with Gasteiger partial charge in [-0.05, 0) is 42.7 Å². The Bertz CT molecular complexity index is 1410.